The smallest absolute Gasteiger partial charge is 0.0348 e. The fraction of sp³-hybridized carbons (Fsp3) is 0.294. The average molecular weight is 256 g/mol. The van der Waals surface area contributed by atoms with Crippen LogP contribution < -0.4 is 11.3 Å². The van der Waals surface area contributed by atoms with Crippen molar-refractivity contribution in [1.82, 2.24) is 5.43 Å². The first-order valence-electron chi connectivity index (χ1n) is 6.80. The Morgan fingerprint density at radius 2 is 1.26 bits per heavy atom. The highest BCUT2D eigenvalue weighted by Crippen LogP contribution is 2.20. The lowest BCUT2D eigenvalue weighted by atomic mass is 10.0. The molecule has 0 aliphatic rings. The molecule has 0 unspecified atom stereocenters. The molecule has 0 fully saturated rings. The number of nitrogens with two attached hydrogens (primary N) is 1. The molecular formula is C17H24N2. The highest BCUT2D eigenvalue weighted by Gasteiger charge is 1.97. The van der Waals surface area contributed by atoms with Crippen LogP contribution in [0.15, 0.2) is 48.5 Å². The van der Waals surface area contributed by atoms with Gasteiger partial charge in [-0.1, -0.05) is 74.4 Å². The Labute approximate surface area is 116 Å². The zero-order valence-corrected chi connectivity index (χ0v) is 12.1. The molecule has 0 aliphatic heterocycles. The summed E-state index contributed by atoms with van der Waals surface area (Å²) in [4.78, 5) is 0. The summed E-state index contributed by atoms with van der Waals surface area (Å²) in [6.45, 7) is 7.05. The van der Waals surface area contributed by atoms with Crippen LogP contribution >= 0.6 is 0 Å². The Bertz CT molecular complexity index is 458. The minimum Gasteiger partial charge on any atom is -0.271 e. The molecule has 0 radical (unpaired) electrons. The minimum absolute atomic E-state index is 0.703. The third kappa shape index (κ3) is 5.25. The number of nitrogens with one attached hydrogen (secondary N) is 1. The molecule has 3 N–H and O–H groups in total. The molecule has 0 spiro atoms. The highest BCUT2D eigenvalue weighted by atomic mass is 15.2. The summed E-state index contributed by atoms with van der Waals surface area (Å²) in [5, 5.41) is 0. The van der Waals surface area contributed by atoms with E-state index in [0.717, 1.165) is 0 Å². The summed E-state index contributed by atoms with van der Waals surface area (Å²) >= 11 is 0. The van der Waals surface area contributed by atoms with E-state index in [-0.39, 0.29) is 0 Å². The van der Waals surface area contributed by atoms with Gasteiger partial charge in [-0.05, 0) is 23.6 Å². The van der Waals surface area contributed by atoms with Crippen molar-refractivity contribution in [1.29, 1.82) is 0 Å². The van der Waals surface area contributed by atoms with Crippen molar-refractivity contribution in [2.45, 2.75) is 33.7 Å². The number of hydrogen-bond donors (Lipinski definition) is 2. The van der Waals surface area contributed by atoms with Crippen LogP contribution in [0.25, 0.3) is 11.1 Å². The molecule has 0 saturated heterocycles. The number of hydrogen-bond acceptors (Lipinski definition) is 2. The zero-order chi connectivity index (χ0) is 14.1. The van der Waals surface area contributed by atoms with Crippen LogP contribution in [0.4, 0.5) is 0 Å². The molecule has 0 amide bonds. The summed E-state index contributed by atoms with van der Waals surface area (Å²) in [5.74, 6) is 5.28. The molecule has 0 saturated carbocycles. The second-order valence-corrected chi connectivity index (χ2v) is 4.65. The van der Waals surface area contributed by atoms with Gasteiger partial charge in [-0.25, -0.2) is 0 Å². The second-order valence-electron chi connectivity index (χ2n) is 4.65. The van der Waals surface area contributed by atoms with Gasteiger partial charge in [0.15, 0.2) is 0 Å². The van der Waals surface area contributed by atoms with Crippen molar-refractivity contribution in [3.8, 4) is 11.1 Å². The van der Waals surface area contributed by atoms with Crippen LogP contribution in [0.1, 0.15) is 31.4 Å². The predicted molar refractivity (Wildman–Crippen MR) is 83.6 cm³/mol. The molecule has 0 bridgehead atoms. The molecule has 19 heavy (non-hydrogen) atoms. The molecular weight excluding hydrogens is 232 g/mol. The second kappa shape index (κ2) is 8.46. The monoisotopic (exact) mass is 256 g/mol. The van der Waals surface area contributed by atoms with Crippen LogP contribution in [-0.2, 0) is 6.54 Å². The number of aryl methyl sites for hydroxylation is 1. The van der Waals surface area contributed by atoms with Gasteiger partial charge in [-0.3, -0.25) is 11.3 Å². The summed E-state index contributed by atoms with van der Waals surface area (Å²) in [5.41, 5.74) is 7.61. The lowest BCUT2D eigenvalue weighted by molar-refractivity contribution is 0.741. The predicted octanol–water partition coefficient (Wildman–Crippen LogP) is 4.04. The van der Waals surface area contributed by atoms with E-state index in [1.165, 1.54) is 28.7 Å². The first kappa shape index (κ1) is 15.4. The van der Waals surface area contributed by atoms with E-state index in [4.69, 9.17) is 5.84 Å². The molecule has 102 valence electrons. The van der Waals surface area contributed by atoms with Crippen molar-refractivity contribution in [2.24, 2.45) is 5.84 Å². The SMILES string of the molecule is CCC.Cc1ccc(-c2ccc(CNN)cc2)cc1. The van der Waals surface area contributed by atoms with Gasteiger partial charge in [0.05, 0.1) is 0 Å². The summed E-state index contributed by atoms with van der Waals surface area (Å²) in [7, 11) is 0. The quantitative estimate of drug-likeness (QED) is 0.642. The van der Waals surface area contributed by atoms with Crippen molar-refractivity contribution < 1.29 is 0 Å². The van der Waals surface area contributed by atoms with Gasteiger partial charge >= 0.3 is 0 Å². The topological polar surface area (TPSA) is 38.0 Å². The molecule has 0 atom stereocenters. The summed E-state index contributed by atoms with van der Waals surface area (Å²) in [6.07, 6.45) is 1.25. The molecule has 0 aliphatic carbocycles. The Morgan fingerprint density at radius 1 is 0.842 bits per heavy atom. The van der Waals surface area contributed by atoms with Gasteiger partial charge in [0.2, 0.25) is 0 Å². The third-order valence-corrected chi connectivity index (χ3v) is 2.65. The van der Waals surface area contributed by atoms with Crippen LogP contribution in [0, 0.1) is 6.92 Å². The van der Waals surface area contributed by atoms with Gasteiger partial charge in [0.1, 0.15) is 0 Å². The molecule has 0 aromatic heterocycles. The maximum Gasteiger partial charge on any atom is 0.0348 e. The normalized spacial score (nSPS) is 9.68. The minimum atomic E-state index is 0.703. The van der Waals surface area contributed by atoms with Crippen molar-refractivity contribution >= 4 is 0 Å². The van der Waals surface area contributed by atoms with Crippen molar-refractivity contribution in [3.63, 3.8) is 0 Å². The van der Waals surface area contributed by atoms with Crippen molar-refractivity contribution in [2.75, 3.05) is 0 Å². The fourth-order valence-corrected chi connectivity index (χ4v) is 1.68. The average Bonchev–Trinajstić information content (AvgIpc) is 2.42. The number of benzene rings is 2. The van der Waals surface area contributed by atoms with Gasteiger partial charge in [-0.2, -0.15) is 0 Å². The summed E-state index contributed by atoms with van der Waals surface area (Å²) in [6, 6.07) is 17.0. The van der Waals surface area contributed by atoms with Crippen LogP contribution in [0.3, 0.4) is 0 Å². The van der Waals surface area contributed by atoms with Crippen LogP contribution in [0.2, 0.25) is 0 Å². The Hall–Kier alpha value is -1.64. The van der Waals surface area contributed by atoms with Crippen LogP contribution in [0.5, 0.6) is 0 Å². The Kier molecular flexibility index (Phi) is 6.86. The van der Waals surface area contributed by atoms with E-state index in [1.807, 2.05) is 0 Å². The van der Waals surface area contributed by atoms with Crippen molar-refractivity contribution in [3.05, 3.63) is 59.7 Å². The molecule has 2 heteroatoms. The van der Waals surface area contributed by atoms with Gasteiger partial charge < -0.3 is 0 Å². The maximum atomic E-state index is 5.28. The molecule has 0 heterocycles. The van der Waals surface area contributed by atoms with E-state index in [9.17, 15) is 0 Å². The fourth-order valence-electron chi connectivity index (χ4n) is 1.68. The van der Waals surface area contributed by atoms with E-state index < -0.39 is 0 Å². The summed E-state index contributed by atoms with van der Waals surface area (Å²) < 4.78 is 0. The lowest BCUT2D eigenvalue weighted by Gasteiger charge is -2.04. The zero-order valence-electron chi connectivity index (χ0n) is 12.1. The first-order valence-corrected chi connectivity index (χ1v) is 6.80. The third-order valence-electron chi connectivity index (χ3n) is 2.65. The van der Waals surface area contributed by atoms with E-state index >= 15 is 0 Å². The largest absolute Gasteiger partial charge is 0.271 e. The van der Waals surface area contributed by atoms with E-state index in [2.05, 4.69) is 74.7 Å². The van der Waals surface area contributed by atoms with Gasteiger partial charge in [0.25, 0.3) is 0 Å². The number of rotatable bonds is 3. The molecule has 2 aromatic carbocycles. The van der Waals surface area contributed by atoms with E-state index in [0.29, 0.717) is 6.54 Å². The highest BCUT2D eigenvalue weighted by molar-refractivity contribution is 5.63. The Morgan fingerprint density at radius 3 is 1.68 bits per heavy atom. The first-order chi connectivity index (χ1) is 9.21. The van der Waals surface area contributed by atoms with E-state index in [1.54, 1.807) is 0 Å². The van der Waals surface area contributed by atoms with Gasteiger partial charge in [-0.15, -0.1) is 0 Å². The lowest BCUT2D eigenvalue weighted by Crippen LogP contribution is -2.20. The number of hydrazine groups is 1. The van der Waals surface area contributed by atoms with Gasteiger partial charge in [0, 0.05) is 6.54 Å². The molecule has 2 aromatic rings. The standard InChI is InChI=1S/C14H16N2.C3H8/c1-11-2-6-13(7-3-11)14-8-4-12(5-9-14)10-16-15;1-3-2/h2-9,16H,10,15H2,1H3;3H2,1-2H3. The molecule has 2 rings (SSSR count). The molecule has 2 nitrogen and oxygen atoms in total. The maximum absolute atomic E-state index is 5.28. The van der Waals surface area contributed by atoms with Crippen LogP contribution in [-0.4, -0.2) is 0 Å². The Balaban J connectivity index is 0.000000550.